The van der Waals surface area contributed by atoms with Crippen molar-refractivity contribution in [2.24, 2.45) is 7.05 Å². The van der Waals surface area contributed by atoms with Gasteiger partial charge in [0.2, 0.25) is 0 Å². The summed E-state index contributed by atoms with van der Waals surface area (Å²) in [6.45, 7) is 3.50. The molecule has 1 aliphatic heterocycles. The predicted octanol–water partition coefficient (Wildman–Crippen LogP) is 2.25. The van der Waals surface area contributed by atoms with Crippen LogP contribution in [0.25, 0.3) is 5.57 Å². The summed E-state index contributed by atoms with van der Waals surface area (Å²) < 4.78 is 13.8. The van der Waals surface area contributed by atoms with Gasteiger partial charge >= 0.3 is 0 Å². The number of nitrogens with zero attached hydrogens (tertiary/aromatic N) is 7. The molecule has 0 saturated carbocycles. The zero-order valence-corrected chi connectivity index (χ0v) is 16.2. The first-order valence-corrected chi connectivity index (χ1v) is 9.28. The van der Waals surface area contributed by atoms with Gasteiger partial charge in [0.15, 0.2) is 5.78 Å². The second-order valence-electron chi connectivity index (χ2n) is 6.98. The number of tetrazole rings is 1. The van der Waals surface area contributed by atoms with Gasteiger partial charge in [-0.25, -0.2) is 4.39 Å². The number of rotatable bonds is 5. The molecule has 8 nitrogen and oxygen atoms in total. The van der Waals surface area contributed by atoms with Gasteiger partial charge in [0.25, 0.3) is 5.95 Å². The smallest absolute Gasteiger partial charge is 0.266 e. The average Bonchev–Trinajstić information content (AvgIpc) is 3.16. The molecule has 2 aromatic heterocycles. The van der Waals surface area contributed by atoms with E-state index < -0.39 is 5.82 Å². The van der Waals surface area contributed by atoms with Gasteiger partial charge < -0.3 is 4.90 Å². The van der Waals surface area contributed by atoms with Crippen molar-refractivity contribution in [2.75, 3.05) is 18.0 Å². The van der Waals surface area contributed by atoms with Crippen LogP contribution in [0.15, 0.2) is 42.2 Å². The molecule has 3 aromatic rings. The van der Waals surface area contributed by atoms with Gasteiger partial charge in [-0.3, -0.25) is 14.8 Å². The van der Waals surface area contributed by atoms with Gasteiger partial charge in [-0.05, 0) is 36.3 Å². The molecule has 0 bridgehead atoms. The Bertz CT molecular complexity index is 1070. The third-order valence-corrected chi connectivity index (χ3v) is 4.93. The Morgan fingerprint density at radius 2 is 2.03 bits per heavy atom. The zero-order valence-electron chi connectivity index (χ0n) is 16.2. The second kappa shape index (κ2) is 7.86. The van der Waals surface area contributed by atoms with Crippen molar-refractivity contribution in [3.63, 3.8) is 0 Å². The number of halogens is 1. The third kappa shape index (κ3) is 4.03. The van der Waals surface area contributed by atoms with E-state index >= 15 is 0 Å². The van der Waals surface area contributed by atoms with Crippen LogP contribution < -0.4 is 4.90 Å². The van der Waals surface area contributed by atoms with Crippen molar-refractivity contribution < 1.29 is 9.18 Å². The number of carbonyl (C=O) groups excluding carboxylic acids is 1. The number of benzene rings is 1. The summed E-state index contributed by atoms with van der Waals surface area (Å²) in [6.07, 6.45) is 4.11. The van der Waals surface area contributed by atoms with Gasteiger partial charge in [-0.2, -0.15) is 4.80 Å². The number of aryl methyl sites for hydroxylation is 1. The van der Waals surface area contributed by atoms with Gasteiger partial charge in [0, 0.05) is 19.3 Å². The Kier molecular flexibility index (Phi) is 5.11. The highest BCUT2D eigenvalue weighted by atomic mass is 19.1. The lowest BCUT2D eigenvalue weighted by atomic mass is 9.99. The Labute approximate surface area is 167 Å². The molecule has 4 rings (SSSR count). The van der Waals surface area contributed by atoms with E-state index in [1.807, 2.05) is 4.90 Å². The topological polar surface area (TPSA) is 89.7 Å². The van der Waals surface area contributed by atoms with Crippen LogP contribution >= 0.6 is 0 Å². The van der Waals surface area contributed by atoms with Crippen molar-refractivity contribution in [3.8, 4) is 0 Å². The largest absolute Gasteiger partial charge is 0.333 e. The molecule has 0 saturated heterocycles. The molecule has 0 fully saturated rings. The van der Waals surface area contributed by atoms with Crippen LogP contribution in [0.5, 0.6) is 0 Å². The van der Waals surface area contributed by atoms with E-state index in [9.17, 15) is 9.18 Å². The fourth-order valence-electron chi connectivity index (χ4n) is 3.28. The average molecular weight is 393 g/mol. The second-order valence-corrected chi connectivity index (χ2v) is 6.98. The lowest BCUT2D eigenvalue weighted by Gasteiger charge is -2.28. The molecule has 0 radical (unpaired) electrons. The molecule has 0 aliphatic carbocycles. The highest BCUT2D eigenvalue weighted by molar-refractivity contribution is 5.97. The fourth-order valence-corrected chi connectivity index (χ4v) is 3.28. The highest BCUT2D eigenvalue weighted by Gasteiger charge is 2.22. The van der Waals surface area contributed by atoms with Crippen LogP contribution in [-0.2, 0) is 13.5 Å². The van der Waals surface area contributed by atoms with E-state index in [2.05, 4.69) is 32.3 Å². The summed E-state index contributed by atoms with van der Waals surface area (Å²) in [5.41, 5.74) is 3.61. The SMILES string of the molecule is CC1=C(c2cnc(CC(=O)c3ccccc3F)cn2)CN(c2nnn(C)n2)CC1. The van der Waals surface area contributed by atoms with Crippen LogP contribution in [0.1, 0.15) is 35.1 Å². The molecule has 148 valence electrons. The van der Waals surface area contributed by atoms with Crippen molar-refractivity contribution >= 4 is 17.3 Å². The van der Waals surface area contributed by atoms with Gasteiger partial charge in [-0.1, -0.05) is 22.8 Å². The maximum atomic E-state index is 13.8. The minimum absolute atomic E-state index is 0.00188. The van der Waals surface area contributed by atoms with E-state index in [4.69, 9.17) is 0 Å². The summed E-state index contributed by atoms with van der Waals surface area (Å²) in [6, 6.07) is 5.95. The molecule has 9 heteroatoms. The van der Waals surface area contributed by atoms with E-state index in [0.717, 1.165) is 24.2 Å². The number of Topliss-reactive ketones (excluding diaryl/α,β-unsaturated/α-hetero) is 1. The first-order chi connectivity index (χ1) is 14.0. The van der Waals surface area contributed by atoms with E-state index in [-0.39, 0.29) is 17.8 Å². The number of hydrogen-bond acceptors (Lipinski definition) is 7. The van der Waals surface area contributed by atoms with Gasteiger partial charge in [0.1, 0.15) is 5.82 Å². The predicted molar refractivity (Wildman–Crippen MR) is 105 cm³/mol. The van der Waals surface area contributed by atoms with Crippen molar-refractivity contribution in [1.29, 1.82) is 0 Å². The summed E-state index contributed by atoms with van der Waals surface area (Å²) in [5, 5.41) is 12.2. The molecule has 0 unspecified atom stereocenters. The normalized spacial score (nSPS) is 14.4. The maximum absolute atomic E-state index is 13.8. The van der Waals surface area contributed by atoms with E-state index in [0.29, 0.717) is 18.2 Å². The molecule has 3 heterocycles. The molecule has 0 amide bonds. The monoisotopic (exact) mass is 393 g/mol. The lowest BCUT2D eigenvalue weighted by Crippen LogP contribution is -2.32. The Hall–Kier alpha value is -3.49. The molecule has 0 atom stereocenters. The number of ketones is 1. The standard InChI is InChI=1S/C20H20FN7O/c1-13-7-8-28(20-24-26-27(2)25-20)12-16(13)18-11-22-14(10-23-18)9-19(29)15-5-3-4-6-17(15)21/h3-6,10-11H,7-9,12H2,1-2H3. The molecular formula is C20H20FN7O. The Balaban J connectivity index is 1.49. The number of hydrogen-bond donors (Lipinski definition) is 0. The molecule has 0 N–H and O–H groups in total. The summed E-state index contributed by atoms with van der Waals surface area (Å²) >= 11 is 0. The van der Waals surface area contributed by atoms with Crippen LogP contribution in [0.2, 0.25) is 0 Å². The van der Waals surface area contributed by atoms with Crippen LogP contribution in [0, 0.1) is 5.82 Å². The summed E-state index contributed by atoms with van der Waals surface area (Å²) in [5.74, 6) is -0.265. The van der Waals surface area contributed by atoms with Gasteiger partial charge in [0.05, 0.1) is 36.6 Å². The molecule has 1 aliphatic rings. The van der Waals surface area contributed by atoms with Crippen LogP contribution in [-0.4, -0.2) is 49.0 Å². The highest BCUT2D eigenvalue weighted by Crippen LogP contribution is 2.26. The van der Waals surface area contributed by atoms with Crippen molar-refractivity contribution in [3.05, 3.63) is 65.0 Å². The third-order valence-electron chi connectivity index (χ3n) is 4.93. The van der Waals surface area contributed by atoms with Crippen LogP contribution in [0.3, 0.4) is 0 Å². The number of carbonyl (C=O) groups is 1. The van der Waals surface area contributed by atoms with E-state index in [1.165, 1.54) is 22.5 Å². The molecular weight excluding hydrogens is 373 g/mol. The first-order valence-electron chi connectivity index (χ1n) is 9.28. The molecule has 0 spiro atoms. The van der Waals surface area contributed by atoms with Crippen LogP contribution in [0.4, 0.5) is 10.3 Å². The zero-order chi connectivity index (χ0) is 20.4. The number of aromatic nitrogens is 6. The van der Waals surface area contributed by atoms with E-state index in [1.54, 1.807) is 31.6 Å². The van der Waals surface area contributed by atoms with Gasteiger partial charge in [-0.15, -0.1) is 5.10 Å². The molecule has 29 heavy (non-hydrogen) atoms. The quantitative estimate of drug-likeness (QED) is 0.614. The van der Waals surface area contributed by atoms with Crippen molar-refractivity contribution in [1.82, 2.24) is 30.2 Å². The Morgan fingerprint density at radius 1 is 1.21 bits per heavy atom. The van der Waals surface area contributed by atoms with Crippen molar-refractivity contribution in [2.45, 2.75) is 19.8 Å². The number of anilines is 1. The summed E-state index contributed by atoms with van der Waals surface area (Å²) in [7, 11) is 1.73. The lowest BCUT2D eigenvalue weighted by molar-refractivity contribution is 0.0988. The minimum Gasteiger partial charge on any atom is -0.333 e. The fraction of sp³-hybridized carbons (Fsp3) is 0.300. The molecule has 1 aromatic carbocycles. The summed E-state index contributed by atoms with van der Waals surface area (Å²) in [4.78, 5) is 24.7. The minimum atomic E-state index is -0.525. The Morgan fingerprint density at radius 3 is 2.72 bits per heavy atom. The first kappa shape index (κ1) is 18.9. The maximum Gasteiger partial charge on any atom is 0.266 e.